The summed E-state index contributed by atoms with van der Waals surface area (Å²) in [6.45, 7) is 5.72. The Morgan fingerprint density at radius 2 is 2.12 bits per heavy atom. The summed E-state index contributed by atoms with van der Waals surface area (Å²) in [5, 5.41) is 9.75. The summed E-state index contributed by atoms with van der Waals surface area (Å²) in [7, 11) is 0. The predicted molar refractivity (Wildman–Crippen MR) is 98.6 cm³/mol. The molecule has 1 fully saturated rings. The predicted octanol–water partition coefficient (Wildman–Crippen LogP) is 2.03. The van der Waals surface area contributed by atoms with E-state index in [4.69, 9.17) is 11.6 Å². The Labute approximate surface area is 151 Å². The highest BCUT2D eigenvalue weighted by molar-refractivity contribution is 7.13. The van der Waals surface area contributed by atoms with Gasteiger partial charge in [0.15, 0.2) is 0 Å². The molecule has 2 heterocycles. The van der Waals surface area contributed by atoms with Gasteiger partial charge in [0, 0.05) is 50.2 Å². The van der Waals surface area contributed by atoms with Crippen molar-refractivity contribution in [2.24, 2.45) is 0 Å². The number of aromatic nitrogens is 1. The molecule has 3 rings (SSSR count). The standard InChI is InChI=1S/C17H21ClN4OS/c18-15-4-2-1-3-14(15)17-21-13(12-24-17)11-16(23)20-7-10-22-8-5-19-6-9-22/h1-4,12,19H,5-11H2,(H,20,23). The van der Waals surface area contributed by atoms with Gasteiger partial charge in [-0.1, -0.05) is 29.8 Å². The van der Waals surface area contributed by atoms with Crippen LogP contribution >= 0.6 is 22.9 Å². The number of hydrogen-bond donors (Lipinski definition) is 2. The quantitative estimate of drug-likeness (QED) is 0.823. The minimum absolute atomic E-state index is 0.0149. The lowest BCUT2D eigenvalue weighted by atomic mass is 10.2. The number of thiazole rings is 1. The van der Waals surface area contributed by atoms with Gasteiger partial charge in [-0.3, -0.25) is 9.69 Å². The zero-order chi connectivity index (χ0) is 16.8. The molecule has 1 saturated heterocycles. The van der Waals surface area contributed by atoms with Gasteiger partial charge in [-0.05, 0) is 6.07 Å². The maximum Gasteiger partial charge on any atom is 0.226 e. The van der Waals surface area contributed by atoms with Gasteiger partial charge < -0.3 is 10.6 Å². The van der Waals surface area contributed by atoms with E-state index in [9.17, 15) is 4.79 Å². The van der Waals surface area contributed by atoms with E-state index < -0.39 is 0 Å². The second-order valence-corrected chi connectivity index (χ2v) is 7.01. The number of nitrogens with zero attached hydrogens (tertiary/aromatic N) is 2. The molecular formula is C17H21ClN4OS. The Bertz CT molecular complexity index is 685. The van der Waals surface area contributed by atoms with Crippen molar-refractivity contribution in [1.29, 1.82) is 0 Å². The molecule has 1 amide bonds. The van der Waals surface area contributed by atoms with Crippen LogP contribution < -0.4 is 10.6 Å². The number of halogens is 1. The first-order valence-electron chi connectivity index (χ1n) is 8.11. The average Bonchev–Trinajstić information content (AvgIpc) is 3.04. The normalized spacial score (nSPS) is 15.4. The summed E-state index contributed by atoms with van der Waals surface area (Å²) >= 11 is 7.71. The maximum absolute atomic E-state index is 12.1. The maximum atomic E-state index is 12.1. The minimum Gasteiger partial charge on any atom is -0.354 e. The Hall–Kier alpha value is -1.47. The molecule has 0 bridgehead atoms. The minimum atomic E-state index is 0.0149. The molecular weight excluding hydrogens is 344 g/mol. The van der Waals surface area contributed by atoms with Crippen molar-refractivity contribution in [3.05, 3.63) is 40.4 Å². The van der Waals surface area contributed by atoms with Crippen LogP contribution in [0.3, 0.4) is 0 Å². The third kappa shape index (κ3) is 4.77. The van der Waals surface area contributed by atoms with Crippen LogP contribution in [0.4, 0.5) is 0 Å². The van der Waals surface area contributed by atoms with Gasteiger partial charge in [-0.25, -0.2) is 4.98 Å². The lowest BCUT2D eigenvalue weighted by molar-refractivity contribution is -0.120. The number of carbonyl (C=O) groups excluding carboxylic acids is 1. The van der Waals surface area contributed by atoms with Crippen LogP contribution in [0.15, 0.2) is 29.6 Å². The Morgan fingerprint density at radius 1 is 1.33 bits per heavy atom. The van der Waals surface area contributed by atoms with Crippen molar-refractivity contribution in [2.45, 2.75) is 6.42 Å². The molecule has 0 atom stereocenters. The molecule has 7 heteroatoms. The zero-order valence-electron chi connectivity index (χ0n) is 13.4. The van der Waals surface area contributed by atoms with Crippen LogP contribution in [0.1, 0.15) is 5.69 Å². The van der Waals surface area contributed by atoms with Crippen molar-refractivity contribution in [3.63, 3.8) is 0 Å². The van der Waals surface area contributed by atoms with Gasteiger partial charge in [0.25, 0.3) is 0 Å². The van der Waals surface area contributed by atoms with Crippen LogP contribution in [0.2, 0.25) is 5.02 Å². The fourth-order valence-electron chi connectivity index (χ4n) is 2.66. The Kier molecular flexibility index (Phi) is 6.20. The fraction of sp³-hybridized carbons (Fsp3) is 0.412. The number of benzene rings is 1. The molecule has 0 radical (unpaired) electrons. The van der Waals surface area contributed by atoms with Crippen molar-refractivity contribution < 1.29 is 4.79 Å². The van der Waals surface area contributed by atoms with Crippen LogP contribution in [0.25, 0.3) is 10.6 Å². The number of nitrogens with one attached hydrogen (secondary N) is 2. The van der Waals surface area contributed by atoms with Crippen LogP contribution in [0.5, 0.6) is 0 Å². The van der Waals surface area contributed by atoms with Gasteiger partial charge >= 0.3 is 0 Å². The second kappa shape index (κ2) is 8.58. The Balaban J connectivity index is 1.47. The molecule has 5 nitrogen and oxygen atoms in total. The molecule has 1 aliphatic rings. The fourth-order valence-corrected chi connectivity index (χ4v) is 3.80. The highest BCUT2D eigenvalue weighted by atomic mass is 35.5. The molecule has 24 heavy (non-hydrogen) atoms. The van der Waals surface area contributed by atoms with E-state index in [2.05, 4.69) is 20.5 Å². The van der Waals surface area contributed by atoms with Gasteiger partial charge in [0.1, 0.15) is 5.01 Å². The first-order valence-corrected chi connectivity index (χ1v) is 9.37. The molecule has 2 N–H and O–H groups in total. The number of carbonyl (C=O) groups is 1. The van der Waals surface area contributed by atoms with Crippen LogP contribution in [-0.2, 0) is 11.2 Å². The topological polar surface area (TPSA) is 57.3 Å². The number of amides is 1. The SMILES string of the molecule is O=C(Cc1csc(-c2ccccc2Cl)n1)NCCN1CCNCC1. The number of rotatable bonds is 6. The largest absolute Gasteiger partial charge is 0.354 e. The van der Waals surface area contributed by atoms with E-state index in [-0.39, 0.29) is 5.91 Å². The molecule has 128 valence electrons. The molecule has 0 unspecified atom stereocenters. The van der Waals surface area contributed by atoms with E-state index in [0.717, 1.165) is 49.0 Å². The molecule has 2 aromatic rings. The van der Waals surface area contributed by atoms with Crippen molar-refractivity contribution >= 4 is 28.8 Å². The van der Waals surface area contributed by atoms with Crippen molar-refractivity contribution in [1.82, 2.24) is 20.5 Å². The first kappa shape index (κ1) is 17.4. The first-order chi connectivity index (χ1) is 11.7. The number of piperazine rings is 1. The summed E-state index contributed by atoms with van der Waals surface area (Å²) in [5.74, 6) is 0.0149. The highest BCUT2D eigenvalue weighted by Gasteiger charge is 2.12. The van der Waals surface area contributed by atoms with E-state index in [1.165, 1.54) is 11.3 Å². The van der Waals surface area contributed by atoms with Gasteiger partial charge in [-0.2, -0.15) is 0 Å². The van der Waals surface area contributed by atoms with E-state index >= 15 is 0 Å². The molecule has 0 saturated carbocycles. The molecule has 0 aliphatic carbocycles. The molecule has 0 spiro atoms. The third-order valence-electron chi connectivity index (χ3n) is 3.96. The van der Waals surface area contributed by atoms with Gasteiger partial charge in [-0.15, -0.1) is 11.3 Å². The van der Waals surface area contributed by atoms with E-state index in [1.54, 1.807) is 0 Å². The second-order valence-electron chi connectivity index (χ2n) is 5.74. The van der Waals surface area contributed by atoms with E-state index in [1.807, 2.05) is 29.6 Å². The lowest BCUT2D eigenvalue weighted by Gasteiger charge is -2.27. The van der Waals surface area contributed by atoms with Crippen LogP contribution in [-0.4, -0.2) is 55.1 Å². The summed E-state index contributed by atoms with van der Waals surface area (Å²) in [6.07, 6.45) is 0.308. The van der Waals surface area contributed by atoms with Gasteiger partial charge in [0.05, 0.1) is 17.1 Å². The zero-order valence-corrected chi connectivity index (χ0v) is 15.0. The summed E-state index contributed by atoms with van der Waals surface area (Å²) in [4.78, 5) is 19.0. The average molecular weight is 365 g/mol. The number of hydrogen-bond acceptors (Lipinski definition) is 5. The van der Waals surface area contributed by atoms with E-state index in [0.29, 0.717) is 18.0 Å². The highest BCUT2D eigenvalue weighted by Crippen LogP contribution is 2.30. The molecule has 1 aromatic carbocycles. The smallest absolute Gasteiger partial charge is 0.226 e. The van der Waals surface area contributed by atoms with Crippen molar-refractivity contribution in [2.75, 3.05) is 39.3 Å². The molecule has 1 aliphatic heterocycles. The lowest BCUT2D eigenvalue weighted by Crippen LogP contribution is -2.46. The van der Waals surface area contributed by atoms with Crippen LogP contribution in [0, 0.1) is 0 Å². The summed E-state index contributed by atoms with van der Waals surface area (Å²) in [5.41, 5.74) is 1.70. The molecule has 1 aromatic heterocycles. The third-order valence-corrected chi connectivity index (χ3v) is 5.21. The summed E-state index contributed by atoms with van der Waals surface area (Å²) in [6, 6.07) is 7.62. The Morgan fingerprint density at radius 3 is 2.92 bits per heavy atom. The van der Waals surface area contributed by atoms with Crippen molar-refractivity contribution in [3.8, 4) is 10.6 Å². The summed E-state index contributed by atoms with van der Waals surface area (Å²) < 4.78 is 0. The monoisotopic (exact) mass is 364 g/mol. The van der Waals surface area contributed by atoms with Gasteiger partial charge in [0.2, 0.25) is 5.91 Å².